The molecule has 146 valence electrons. The highest BCUT2D eigenvalue weighted by Gasteiger charge is 2.18. The number of pyridine rings is 1. The molecule has 3 aromatic rings. The van der Waals surface area contributed by atoms with Crippen molar-refractivity contribution in [3.05, 3.63) is 74.3 Å². The van der Waals surface area contributed by atoms with Crippen LogP contribution in [0.3, 0.4) is 0 Å². The van der Waals surface area contributed by atoms with Gasteiger partial charge in [0.05, 0.1) is 17.1 Å². The van der Waals surface area contributed by atoms with Gasteiger partial charge in [0.1, 0.15) is 23.2 Å². The third-order valence-electron chi connectivity index (χ3n) is 4.33. The van der Waals surface area contributed by atoms with E-state index in [1.165, 1.54) is 28.8 Å². The van der Waals surface area contributed by atoms with Crippen molar-refractivity contribution < 1.29 is 23.7 Å². The van der Waals surface area contributed by atoms with E-state index in [0.717, 1.165) is 6.20 Å². The Hall–Kier alpha value is -2.61. The maximum Gasteiger partial charge on any atom is 0.341 e. The summed E-state index contributed by atoms with van der Waals surface area (Å²) in [6, 6.07) is 7.38. The Morgan fingerprint density at radius 3 is 2.64 bits per heavy atom. The predicted molar refractivity (Wildman–Crippen MR) is 103 cm³/mol. The third kappa shape index (κ3) is 3.69. The summed E-state index contributed by atoms with van der Waals surface area (Å²) in [5.74, 6) is -1.83. The number of aromatic carboxylic acids is 1. The summed E-state index contributed by atoms with van der Waals surface area (Å²) in [6.45, 7) is -0.218. The number of carbonyl (C=O) groups is 1. The largest absolute Gasteiger partial charge is 0.477 e. The number of hydrogen-bond acceptors (Lipinski definition) is 4. The van der Waals surface area contributed by atoms with Crippen molar-refractivity contribution in [1.29, 1.82) is 0 Å². The van der Waals surface area contributed by atoms with Crippen molar-refractivity contribution in [3.8, 4) is 5.75 Å². The Kier molecular flexibility index (Phi) is 5.88. The van der Waals surface area contributed by atoms with Crippen LogP contribution in [0.4, 0.5) is 4.39 Å². The number of nitrogens with zero attached hydrogens (tertiary/aromatic N) is 1. The summed E-state index contributed by atoms with van der Waals surface area (Å²) < 4.78 is 20.6. The molecule has 0 aliphatic heterocycles. The zero-order valence-electron chi connectivity index (χ0n) is 14.3. The highest BCUT2D eigenvalue weighted by molar-refractivity contribution is 6.30. The first-order chi connectivity index (χ1) is 13.4. The van der Waals surface area contributed by atoms with Crippen LogP contribution in [-0.4, -0.2) is 27.4 Å². The number of fused-ring (bicyclic) bond motifs is 1. The molecule has 0 saturated carbocycles. The normalized spacial score (nSPS) is 11.0. The fraction of sp³-hybridized carbons (Fsp3) is 0.158. The predicted octanol–water partition coefficient (Wildman–Crippen LogP) is 3.61. The van der Waals surface area contributed by atoms with Gasteiger partial charge in [0, 0.05) is 36.2 Å². The average Bonchev–Trinajstić information content (AvgIpc) is 2.67. The zero-order valence-corrected chi connectivity index (χ0v) is 15.8. The van der Waals surface area contributed by atoms with Gasteiger partial charge in [-0.2, -0.15) is 0 Å². The lowest BCUT2D eigenvalue weighted by Gasteiger charge is -2.14. The third-order valence-corrected chi connectivity index (χ3v) is 4.79. The standard InChI is InChI=1S/C19H14Cl2FNO5/c20-14-3-1-2-10(17(14)22)6-11-7-12-15(8-16(11)28-21)23(4-5-24)9-13(18(12)25)19(26)27/h1-3,7-9,24H,4-6H2,(H,26,27). The molecule has 2 N–H and O–H groups in total. The summed E-state index contributed by atoms with van der Waals surface area (Å²) in [6.07, 6.45) is 1.17. The van der Waals surface area contributed by atoms with Crippen LogP contribution in [0.25, 0.3) is 10.9 Å². The van der Waals surface area contributed by atoms with E-state index in [1.807, 2.05) is 0 Å². The maximum absolute atomic E-state index is 14.3. The van der Waals surface area contributed by atoms with Crippen LogP contribution in [0.5, 0.6) is 5.75 Å². The van der Waals surface area contributed by atoms with Gasteiger partial charge < -0.3 is 19.1 Å². The zero-order chi connectivity index (χ0) is 20.4. The number of halogens is 3. The quantitative estimate of drug-likeness (QED) is 0.629. The van der Waals surface area contributed by atoms with Crippen molar-refractivity contribution in [3.63, 3.8) is 0 Å². The molecule has 0 bridgehead atoms. The number of aliphatic hydroxyl groups is 1. The highest BCUT2D eigenvalue weighted by atomic mass is 35.5. The van der Waals surface area contributed by atoms with Gasteiger partial charge in [-0.05, 0) is 17.7 Å². The Balaban J connectivity index is 2.26. The maximum atomic E-state index is 14.3. The second-order valence-corrected chi connectivity index (χ2v) is 6.60. The Bertz CT molecular complexity index is 1130. The number of aromatic nitrogens is 1. The van der Waals surface area contributed by atoms with E-state index in [4.69, 9.17) is 27.8 Å². The lowest BCUT2D eigenvalue weighted by atomic mass is 10.00. The first-order valence-electron chi connectivity index (χ1n) is 8.13. The van der Waals surface area contributed by atoms with Crippen LogP contribution in [0, 0.1) is 5.82 Å². The molecule has 0 amide bonds. The van der Waals surface area contributed by atoms with Crippen LogP contribution in [0.2, 0.25) is 5.02 Å². The monoisotopic (exact) mass is 425 g/mol. The SMILES string of the molecule is O=C(O)c1cn(CCO)c2cc(OCl)c(Cc3cccc(Cl)c3F)cc2c1=O. The van der Waals surface area contributed by atoms with E-state index in [0.29, 0.717) is 11.1 Å². The van der Waals surface area contributed by atoms with Gasteiger partial charge in [0.25, 0.3) is 0 Å². The number of carboxylic acids is 1. The van der Waals surface area contributed by atoms with Gasteiger partial charge in [0.2, 0.25) is 5.43 Å². The summed E-state index contributed by atoms with van der Waals surface area (Å²) in [7, 11) is 0. The highest BCUT2D eigenvalue weighted by Crippen LogP contribution is 2.30. The molecular weight excluding hydrogens is 412 g/mol. The lowest BCUT2D eigenvalue weighted by molar-refractivity contribution is 0.0694. The fourth-order valence-corrected chi connectivity index (χ4v) is 3.35. The van der Waals surface area contributed by atoms with E-state index in [1.54, 1.807) is 6.07 Å². The van der Waals surface area contributed by atoms with E-state index in [-0.39, 0.29) is 41.3 Å². The van der Waals surface area contributed by atoms with Crippen molar-refractivity contribution in [2.24, 2.45) is 0 Å². The molecular formula is C19H14Cl2FNO5. The minimum atomic E-state index is -1.39. The van der Waals surface area contributed by atoms with Crippen molar-refractivity contribution in [2.75, 3.05) is 6.61 Å². The van der Waals surface area contributed by atoms with Crippen LogP contribution >= 0.6 is 23.5 Å². The number of aliphatic hydroxyl groups excluding tert-OH is 1. The molecule has 28 heavy (non-hydrogen) atoms. The van der Waals surface area contributed by atoms with E-state index >= 15 is 0 Å². The Morgan fingerprint density at radius 2 is 2.00 bits per heavy atom. The molecule has 6 nitrogen and oxygen atoms in total. The smallest absolute Gasteiger partial charge is 0.341 e. The van der Waals surface area contributed by atoms with Crippen molar-refractivity contribution in [2.45, 2.75) is 13.0 Å². The number of carboxylic acid groups (broad SMARTS) is 1. The molecule has 0 saturated heterocycles. The molecule has 3 rings (SSSR count). The van der Waals surface area contributed by atoms with E-state index in [2.05, 4.69) is 0 Å². The van der Waals surface area contributed by atoms with Crippen LogP contribution in [0.15, 0.2) is 41.3 Å². The summed E-state index contributed by atoms with van der Waals surface area (Å²) >= 11 is 11.4. The molecule has 0 aliphatic rings. The first kappa shape index (κ1) is 20.1. The van der Waals surface area contributed by atoms with Gasteiger partial charge >= 0.3 is 5.97 Å². The second-order valence-electron chi connectivity index (χ2n) is 6.04. The molecule has 0 radical (unpaired) electrons. The molecule has 0 aliphatic carbocycles. The topological polar surface area (TPSA) is 88.8 Å². The molecule has 0 unspecified atom stereocenters. The van der Waals surface area contributed by atoms with Gasteiger partial charge in [-0.15, -0.1) is 0 Å². The van der Waals surface area contributed by atoms with Gasteiger partial charge in [0.15, 0.2) is 5.75 Å². The molecule has 1 heterocycles. The molecule has 1 aromatic heterocycles. The number of hydrogen-bond donors (Lipinski definition) is 2. The van der Waals surface area contributed by atoms with E-state index < -0.39 is 22.8 Å². The summed E-state index contributed by atoms with van der Waals surface area (Å²) in [5, 5.41) is 18.6. The fourth-order valence-electron chi connectivity index (χ4n) is 3.01. The minimum Gasteiger partial charge on any atom is -0.477 e. The van der Waals surface area contributed by atoms with Crippen LogP contribution in [-0.2, 0) is 13.0 Å². The van der Waals surface area contributed by atoms with Gasteiger partial charge in [-0.1, -0.05) is 23.7 Å². The van der Waals surface area contributed by atoms with Crippen molar-refractivity contribution >= 4 is 40.3 Å². The second kappa shape index (κ2) is 8.18. The Labute approximate surface area is 168 Å². The van der Waals surface area contributed by atoms with Crippen molar-refractivity contribution in [1.82, 2.24) is 4.57 Å². The summed E-state index contributed by atoms with van der Waals surface area (Å²) in [4.78, 5) is 24.0. The molecule has 0 atom stereocenters. The average molecular weight is 426 g/mol. The number of benzene rings is 2. The first-order valence-corrected chi connectivity index (χ1v) is 8.81. The lowest BCUT2D eigenvalue weighted by Crippen LogP contribution is -2.20. The van der Waals surface area contributed by atoms with E-state index in [9.17, 15) is 24.2 Å². The molecule has 0 spiro atoms. The minimum absolute atomic E-state index is 0.0150. The molecule has 0 fully saturated rings. The molecule has 2 aromatic carbocycles. The van der Waals surface area contributed by atoms with Crippen LogP contribution < -0.4 is 9.72 Å². The van der Waals surface area contributed by atoms with Gasteiger partial charge in [-0.25, -0.2) is 9.18 Å². The van der Waals surface area contributed by atoms with Gasteiger partial charge in [-0.3, -0.25) is 4.79 Å². The Morgan fingerprint density at radius 1 is 1.25 bits per heavy atom. The summed E-state index contributed by atoms with van der Waals surface area (Å²) in [5.41, 5.74) is -0.188. The molecule has 9 heteroatoms. The number of rotatable bonds is 6. The van der Waals surface area contributed by atoms with Crippen LogP contribution in [0.1, 0.15) is 21.5 Å².